The van der Waals surface area contributed by atoms with Gasteiger partial charge in [-0.25, -0.2) is 4.98 Å². The third kappa shape index (κ3) is 4.49. The lowest BCUT2D eigenvalue weighted by Gasteiger charge is -2.09. The first-order valence-corrected chi connectivity index (χ1v) is 7.24. The third-order valence-corrected chi connectivity index (χ3v) is 3.10. The smallest absolute Gasteiger partial charge is 0.218 e. The molecule has 4 heteroatoms. The standard InChI is InChI=1S/C16H19ClN2O/c1-12(2)16-18-14(17)11-15(19-16)20-10-6-9-13-7-4-3-5-8-13/h3-5,7-8,11-12H,6,9-10H2,1-2H3. The second-order valence-corrected chi connectivity index (χ2v) is 5.37. The van der Waals surface area contributed by atoms with Gasteiger partial charge in [-0.1, -0.05) is 55.8 Å². The van der Waals surface area contributed by atoms with Crippen LogP contribution in [0.4, 0.5) is 0 Å². The van der Waals surface area contributed by atoms with E-state index in [0.29, 0.717) is 17.6 Å². The van der Waals surface area contributed by atoms with Gasteiger partial charge < -0.3 is 4.74 Å². The average Bonchev–Trinajstić information content (AvgIpc) is 2.44. The quantitative estimate of drug-likeness (QED) is 0.589. The van der Waals surface area contributed by atoms with Gasteiger partial charge in [0.05, 0.1) is 6.61 Å². The fourth-order valence-corrected chi connectivity index (χ4v) is 2.02. The second-order valence-electron chi connectivity index (χ2n) is 4.98. The van der Waals surface area contributed by atoms with Crippen molar-refractivity contribution >= 4 is 11.6 Å². The van der Waals surface area contributed by atoms with E-state index in [-0.39, 0.29) is 5.92 Å². The topological polar surface area (TPSA) is 35.0 Å². The molecule has 0 aliphatic heterocycles. The maximum absolute atomic E-state index is 5.97. The molecule has 0 saturated carbocycles. The molecular formula is C16H19ClN2O. The zero-order valence-electron chi connectivity index (χ0n) is 11.8. The molecular weight excluding hydrogens is 272 g/mol. The summed E-state index contributed by atoms with van der Waals surface area (Å²) in [7, 11) is 0. The third-order valence-electron chi connectivity index (χ3n) is 2.91. The van der Waals surface area contributed by atoms with Crippen LogP contribution in [-0.2, 0) is 6.42 Å². The molecule has 0 atom stereocenters. The summed E-state index contributed by atoms with van der Waals surface area (Å²) in [5.41, 5.74) is 1.32. The van der Waals surface area contributed by atoms with E-state index in [4.69, 9.17) is 16.3 Å². The highest BCUT2D eigenvalue weighted by atomic mass is 35.5. The van der Waals surface area contributed by atoms with Crippen molar-refractivity contribution in [2.75, 3.05) is 6.61 Å². The van der Waals surface area contributed by atoms with E-state index in [1.165, 1.54) is 5.56 Å². The first kappa shape index (κ1) is 14.8. The van der Waals surface area contributed by atoms with Gasteiger partial charge in [0.15, 0.2) is 0 Å². The molecule has 0 fully saturated rings. The van der Waals surface area contributed by atoms with E-state index in [2.05, 4.69) is 34.2 Å². The van der Waals surface area contributed by atoms with E-state index in [0.717, 1.165) is 18.7 Å². The highest BCUT2D eigenvalue weighted by Crippen LogP contribution is 2.18. The van der Waals surface area contributed by atoms with Crippen LogP contribution in [0.25, 0.3) is 0 Å². The van der Waals surface area contributed by atoms with Crippen LogP contribution in [0.3, 0.4) is 0 Å². The Balaban J connectivity index is 1.85. The molecule has 0 radical (unpaired) electrons. The van der Waals surface area contributed by atoms with Crippen molar-refractivity contribution in [2.24, 2.45) is 0 Å². The van der Waals surface area contributed by atoms with Crippen molar-refractivity contribution in [3.63, 3.8) is 0 Å². The monoisotopic (exact) mass is 290 g/mol. The molecule has 0 aliphatic carbocycles. The summed E-state index contributed by atoms with van der Waals surface area (Å²) in [6.07, 6.45) is 1.94. The van der Waals surface area contributed by atoms with E-state index in [1.54, 1.807) is 6.07 Å². The molecule has 0 spiro atoms. The van der Waals surface area contributed by atoms with Gasteiger partial charge in [-0.3, -0.25) is 0 Å². The summed E-state index contributed by atoms with van der Waals surface area (Å²) >= 11 is 5.97. The zero-order chi connectivity index (χ0) is 14.4. The first-order valence-electron chi connectivity index (χ1n) is 6.86. The van der Waals surface area contributed by atoms with Crippen LogP contribution in [-0.4, -0.2) is 16.6 Å². The van der Waals surface area contributed by atoms with Crippen LogP contribution in [0, 0.1) is 0 Å². The van der Waals surface area contributed by atoms with Crippen LogP contribution >= 0.6 is 11.6 Å². The molecule has 20 heavy (non-hydrogen) atoms. The lowest BCUT2D eigenvalue weighted by molar-refractivity contribution is 0.297. The molecule has 106 valence electrons. The average molecular weight is 291 g/mol. The summed E-state index contributed by atoms with van der Waals surface area (Å²) in [6.45, 7) is 4.69. The second kappa shape index (κ2) is 7.25. The molecule has 0 aliphatic rings. The number of hydrogen-bond donors (Lipinski definition) is 0. The number of aryl methyl sites for hydroxylation is 1. The van der Waals surface area contributed by atoms with Gasteiger partial charge in [0.2, 0.25) is 5.88 Å². The number of hydrogen-bond acceptors (Lipinski definition) is 3. The molecule has 1 heterocycles. The highest BCUT2D eigenvalue weighted by Gasteiger charge is 2.07. The predicted molar refractivity (Wildman–Crippen MR) is 81.4 cm³/mol. The van der Waals surface area contributed by atoms with Crippen LogP contribution in [0.1, 0.15) is 37.6 Å². The van der Waals surface area contributed by atoms with Gasteiger partial charge in [-0.2, -0.15) is 4.98 Å². The van der Waals surface area contributed by atoms with Crippen molar-refractivity contribution in [1.29, 1.82) is 0 Å². The van der Waals surface area contributed by atoms with Gasteiger partial charge in [0, 0.05) is 12.0 Å². The Bertz CT molecular complexity index is 543. The Morgan fingerprint density at radius 1 is 1.15 bits per heavy atom. The molecule has 0 bridgehead atoms. The number of nitrogens with zero attached hydrogens (tertiary/aromatic N) is 2. The van der Waals surface area contributed by atoms with Gasteiger partial charge in [0.25, 0.3) is 0 Å². The van der Waals surface area contributed by atoms with Gasteiger partial charge in [-0.15, -0.1) is 0 Å². The minimum atomic E-state index is 0.236. The SMILES string of the molecule is CC(C)c1nc(Cl)cc(OCCCc2ccccc2)n1. The van der Waals surface area contributed by atoms with Crippen LogP contribution < -0.4 is 4.74 Å². The molecule has 0 saturated heterocycles. The van der Waals surface area contributed by atoms with Crippen molar-refractivity contribution in [3.8, 4) is 5.88 Å². The van der Waals surface area contributed by atoms with Crippen LogP contribution in [0.15, 0.2) is 36.4 Å². The maximum Gasteiger partial charge on any atom is 0.218 e. The summed E-state index contributed by atoms with van der Waals surface area (Å²) in [6, 6.07) is 12.0. The van der Waals surface area contributed by atoms with Crippen LogP contribution in [0.2, 0.25) is 5.15 Å². The van der Waals surface area contributed by atoms with Crippen LogP contribution in [0.5, 0.6) is 5.88 Å². The van der Waals surface area contributed by atoms with Gasteiger partial charge >= 0.3 is 0 Å². The first-order chi connectivity index (χ1) is 9.65. The summed E-state index contributed by atoms with van der Waals surface area (Å²) in [5, 5.41) is 0.432. The number of ether oxygens (including phenoxy) is 1. The van der Waals surface area contributed by atoms with E-state index in [9.17, 15) is 0 Å². The number of rotatable bonds is 6. The Kier molecular flexibility index (Phi) is 5.36. The van der Waals surface area contributed by atoms with Crippen molar-refractivity contribution in [2.45, 2.75) is 32.6 Å². The lowest BCUT2D eigenvalue weighted by atomic mass is 10.1. The lowest BCUT2D eigenvalue weighted by Crippen LogP contribution is -2.04. The predicted octanol–water partition coefficient (Wildman–Crippen LogP) is 4.27. The Morgan fingerprint density at radius 2 is 1.90 bits per heavy atom. The molecule has 3 nitrogen and oxygen atoms in total. The van der Waals surface area contributed by atoms with E-state index in [1.807, 2.05) is 19.9 Å². The van der Waals surface area contributed by atoms with Gasteiger partial charge in [0.1, 0.15) is 11.0 Å². The Hall–Kier alpha value is -1.61. The van der Waals surface area contributed by atoms with Crippen molar-refractivity contribution in [3.05, 3.63) is 52.9 Å². The Labute approximate surface area is 125 Å². The zero-order valence-corrected chi connectivity index (χ0v) is 12.6. The molecule has 2 rings (SSSR count). The van der Waals surface area contributed by atoms with Crippen molar-refractivity contribution < 1.29 is 4.74 Å². The largest absolute Gasteiger partial charge is 0.478 e. The summed E-state index contributed by atoms with van der Waals surface area (Å²) < 4.78 is 5.66. The van der Waals surface area contributed by atoms with E-state index < -0.39 is 0 Å². The number of halogens is 1. The molecule has 0 N–H and O–H groups in total. The molecule has 0 amide bonds. The van der Waals surface area contributed by atoms with E-state index >= 15 is 0 Å². The highest BCUT2D eigenvalue weighted by molar-refractivity contribution is 6.29. The minimum Gasteiger partial charge on any atom is -0.478 e. The maximum atomic E-state index is 5.97. The normalized spacial score (nSPS) is 10.8. The fourth-order valence-electron chi connectivity index (χ4n) is 1.84. The molecule has 1 aromatic carbocycles. The van der Waals surface area contributed by atoms with Gasteiger partial charge in [-0.05, 0) is 18.4 Å². The Morgan fingerprint density at radius 3 is 2.60 bits per heavy atom. The minimum absolute atomic E-state index is 0.236. The van der Waals surface area contributed by atoms with Crippen molar-refractivity contribution in [1.82, 2.24) is 9.97 Å². The molecule has 1 aromatic heterocycles. The molecule has 0 unspecified atom stereocenters. The summed E-state index contributed by atoms with van der Waals surface area (Å²) in [5.74, 6) is 1.51. The number of benzene rings is 1. The summed E-state index contributed by atoms with van der Waals surface area (Å²) in [4.78, 5) is 8.54. The number of aromatic nitrogens is 2. The fraction of sp³-hybridized carbons (Fsp3) is 0.375. The molecule has 2 aromatic rings.